The molecule has 23 heavy (non-hydrogen) atoms. The van der Waals surface area contributed by atoms with Gasteiger partial charge in [0.25, 0.3) is 0 Å². The van der Waals surface area contributed by atoms with Gasteiger partial charge < -0.3 is 0 Å². The van der Waals surface area contributed by atoms with Crippen LogP contribution in [0.2, 0.25) is 0 Å². The molecule has 0 amide bonds. The molecular formula is C21H19NS. The van der Waals surface area contributed by atoms with Crippen LogP contribution in [0.15, 0.2) is 78.2 Å². The van der Waals surface area contributed by atoms with Gasteiger partial charge in [0, 0.05) is 6.54 Å². The smallest absolute Gasteiger partial charge is 0.0975 e. The highest BCUT2D eigenvalue weighted by Gasteiger charge is 2.14. The van der Waals surface area contributed by atoms with Gasteiger partial charge in [0.1, 0.15) is 0 Å². The number of nitrogens with zero attached hydrogens (tertiary/aromatic N) is 1. The van der Waals surface area contributed by atoms with Crippen molar-refractivity contribution in [3.05, 3.63) is 94.2 Å². The molecule has 2 heteroatoms. The third kappa shape index (κ3) is 4.32. The standard InChI is InChI=1S/C21H19NS/c1-22(17-18-9-4-2-5-10-18)21(19-11-6-3-7-12-19)15-14-20-13-8-16-23-20/h2-13,16,21H,17H2,1H3. The molecule has 0 bridgehead atoms. The third-order valence-corrected chi connectivity index (χ3v) is 4.47. The van der Waals surface area contributed by atoms with Crippen molar-refractivity contribution in [2.45, 2.75) is 12.6 Å². The van der Waals surface area contributed by atoms with Gasteiger partial charge >= 0.3 is 0 Å². The van der Waals surface area contributed by atoms with E-state index in [0.717, 1.165) is 11.4 Å². The molecule has 0 saturated carbocycles. The van der Waals surface area contributed by atoms with Crippen LogP contribution in [-0.4, -0.2) is 11.9 Å². The molecule has 114 valence electrons. The Bertz CT molecular complexity index is 767. The second-order valence-corrected chi connectivity index (χ2v) is 6.41. The van der Waals surface area contributed by atoms with Crippen LogP contribution in [0.5, 0.6) is 0 Å². The molecule has 1 unspecified atom stereocenters. The first-order chi connectivity index (χ1) is 11.3. The number of hydrogen-bond acceptors (Lipinski definition) is 2. The highest BCUT2D eigenvalue weighted by Crippen LogP contribution is 2.21. The van der Waals surface area contributed by atoms with Crippen LogP contribution in [-0.2, 0) is 6.54 Å². The van der Waals surface area contributed by atoms with Gasteiger partial charge in [-0.2, -0.15) is 0 Å². The highest BCUT2D eigenvalue weighted by atomic mass is 32.1. The number of hydrogen-bond donors (Lipinski definition) is 0. The Morgan fingerprint density at radius 2 is 1.61 bits per heavy atom. The van der Waals surface area contributed by atoms with E-state index in [0.29, 0.717) is 0 Å². The Morgan fingerprint density at radius 3 is 2.26 bits per heavy atom. The van der Waals surface area contributed by atoms with E-state index >= 15 is 0 Å². The van der Waals surface area contributed by atoms with E-state index in [9.17, 15) is 0 Å². The fourth-order valence-corrected chi connectivity index (χ4v) is 3.11. The molecule has 1 aromatic heterocycles. The zero-order valence-electron chi connectivity index (χ0n) is 13.1. The Hall–Kier alpha value is -2.34. The number of benzene rings is 2. The minimum Gasteiger partial charge on any atom is -0.285 e. The minimum absolute atomic E-state index is 0.0820. The summed E-state index contributed by atoms with van der Waals surface area (Å²) in [7, 11) is 2.13. The summed E-state index contributed by atoms with van der Waals surface area (Å²) >= 11 is 1.68. The molecule has 1 atom stereocenters. The number of rotatable bonds is 4. The summed E-state index contributed by atoms with van der Waals surface area (Å²) in [5, 5.41) is 2.06. The fourth-order valence-electron chi connectivity index (χ4n) is 2.54. The molecule has 0 fully saturated rings. The molecular weight excluding hydrogens is 298 g/mol. The lowest BCUT2D eigenvalue weighted by molar-refractivity contribution is 0.285. The molecule has 0 aliphatic rings. The molecule has 0 spiro atoms. The van der Waals surface area contributed by atoms with Crippen LogP contribution in [0.3, 0.4) is 0 Å². The lowest BCUT2D eigenvalue weighted by Gasteiger charge is -2.24. The molecule has 0 saturated heterocycles. The van der Waals surface area contributed by atoms with Crippen LogP contribution in [0.25, 0.3) is 0 Å². The Balaban J connectivity index is 1.85. The van der Waals surface area contributed by atoms with Crippen LogP contribution < -0.4 is 0 Å². The molecule has 0 aliphatic heterocycles. The van der Waals surface area contributed by atoms with Crippen molar-refractivity contribution in [1.82, 2.24) is 4.90 Å². The van der Waals surface area contributed by atoms with Gasteiger partial charge in [-0.1, -0.05) is 78.6 Å². The lowest BCUT2D eigenvalue weighted by atomic mass is 10.1. The predicted octanol–water partition coefficient (Wildman–Crippen LogP) is 4.97. The SMILES string of the molecule is CN(Cc1ccccc1)C(C#Cc1cccs1)c1ccccc1. The molecule has 0 N–H and O–H groups in total. The highest BCUT2D eigenvalue weighted by molar-refractivity contribution is 7.10. The van der Waals surface area contributed by atoms with Gasteiger partial charge in [0.15, 0.2) is 0 Å². The molecule has 1 heterocycles. The lowest BCUT2D eigenvalue weighted by Crippen LogP contribution is -2.23. The first kappa shape index (κ1) is 15.6. The maximum atomic E-state index is 3.44. The van der Waals surface area contributed by atoms with Crippen molar-refractivity contribution in [3.8, 4) is 11.8 Å². The molecule has 0 aliphatic carbocycles. The molecule has 0 radical (unpaired) electrons. The van der Waals surface area contributed by atoms with Crippen LogP contribution in [0.1, 0.15) is 22.0 Å². The fraction of sp³-hybridized carbons (Fsp3) is 0.143. The van der Waals surface area contributed by atoms with Crippen LogP contribution in [0.4, 0.5) is 0 Å². The van der Waals surface area contributed by atoms with Gasteiger partial charge in [-0.25, -0.2) is 0 Å². The summed E-state index contributed by atoms with van der Waals surface area (Å²) in [6.45, 7) is 0.875. The second kappa shape index (κ2) is 7.78. The summed E-state index contributed by atoms with van der Waals surface area (Å²) in [4.78, 5) is 3.41. The van der Waals surface area contributed by atoms with E-state index in [-0.39, 0.29) is 6.04 Å². The van der Waals surface area contributed by atoms with E-state index in [2.05, 4.69) is 89.8 Å². The van der Waals surface area contributed by atoms with Crippen LogP contribution >= 0.6 is 11.3 Å². The summed E-state index contributed by atoms with van der Waals surface area (Å²) < 4.78 is 0. The van der Waals surface area contributed by atoms with Crippen molar-refractivity contribution < 1.29 is 0 Å². The summed E-state index contributed by atoms with van der Waals surface area (Å²) in [6, 6.07) is 25.2. The third-order valence-electron chi connectivity index (χ3n) is 3.68. The average molecular weight is 317 g/mol. The van der Waals surface area contributed by atoms with E-state index in [4.69, 9.17) is 0 Å². The molecule has 1 nitrogen and oxygen atoms in total. The maximum Gasteiger partial charge on any atom is 0.0975 e. The van der Waals surface area contributed by atoms with Crippen LogP contribution in [0, 0.1) is 11.8 Å². The maximum absolute atomic E-state index is 3.44. The predicted molar refractivity (Wildman–Crippen MR) is 98.3 cm³/mol. The largest absolute Gasteiger partial charge is 0.285 e. The van der Waals surface area contributed by atoms with Gasteiger partial charge in [-0.05, 0) is 29.6 Å². The Labute approximate surface area is 142 Å². The van der Waals surface area contributed by atoms with Gasteiger partial charge in [0.2, 0.25) is 0 Å². The van der Waals surface area contributed by atoms with E-state index < -0.39 is 0 Å². The van der Waals surface area contributed by atoms with Crippen molar-refractivity contribution in [2.75, 3.05) is 7.05 Å². The first-order valence-corrected chi connectivity index (χ1v) is 8.55. The van der Waals surface area contributed by atoms with Crippen molar-refractivity contribution in [3.63, 3.8) is 0 Å². The van der Waals surface area contributed by atoms with Crippen molar-refractivity contribution >= 4 is 11.3 Å². The zero-order valence-corrected chi connectivity index (χ0v) is 14.0. The Morgan fingerprint density at radius 1 is 0.913 bits per heavy atom. The Kier molecular flexibility index (Phi) is 5.26. The first-order valence-electron chi connectivity index (χ1n) is 7.67. The minimum atomic E-state index is 0.0820. The zero-order chi connectivity index (χ0) is 15.9. The topological polar surface area (TPSA) is 3.24 Å². The quantitative estimate of drug-likeness (QED) is 0.614. The summed E-state index contributed by atoms with van der Waals surface area (Å²) in [5.41, 5.74) is 2.53. The second-order valence-electron chi connectivity index (χ2n) is 5.46. The normalized spacial score (nSPS) is 11.7. The number of thiophene rings is 1. The van der Waals surface area contributed by atoms with E-state index in [1.165, 1.54) is 11.1 Å². The van der Waals surface area contributed by atoms with Crippen molar-refractivity contribution in [1.29, 1.82) is 0 Å². The summed E-state index contributed by atoms with van der Waals surface area (Å²) in [6.07, 6.45) is 0. The van der Waals surface area contributed by atoms with Gasteiger partial charge in [-0.3, -0.25) is 4.90 Å². The van der Waals surface area contributed by atoms with Gasteiger partial charge in [-0.15, -0.1) is 11.3 Å². The molecule has 3 rings (SSSR count). The van der Waals surface area contributed by atoms with E-state index in [1.807, 2.05) is 12.1 Å². The van der Waals surface area contributed by atoms with E-state index in [1.54, 1.807) is 11.3 Å². The molecule has 3 aromatic rings. The van der Waals surface area contributed by atoms with Crippen molar-refractivity contribution in [2.24, 2.45) is 0 Å². The monoisotopic (exact) mass is 317 g/mol. The van der Waals surface area contributed by atoms with Gasteiger partial charge in [0.05, 0.1) is 10.9 Å². The average Bonchev–Trinajstić information content (AvgIpc) is 3.10. The molecule has 2 aromatic carbocycles. The summed E-state index contributed by atoms with van der Waals surface area (Å²) in [5.74, 6) is 6.76.